The van der Waals surface area contributed by atoms with Gasteiger partial charge >= 0.3 is 13.8 Å². The number of nitrogens with zero attached hydrogens (tertiary/aromatic N) is 1. The van der Waals surface area contributed by atoms with Crippen molar-refractivity contribution in [1.82, 2.24) is 0 Å². The van der Waals surface area contributed by atoms with E-state index in [2.05, 4.69) is 38.2 Å². The highest BCUT2D eigenvalue weighted by atomic mass is 31.2. The summed E-state index contributed by atoms with van der Waals surface area (Å²) in [5.74, 6) is -0.313. The number of hydrogen-bond donors (Lipinski definition) is 1. The van der Waals surface area contributed by atoms with Crippen molar-refractivity contribution in [1.29, 1.82) is 0 Å². The molecule has 0 radical (unpaired) electrons. The maximum atomic E-state index is 12.8. The van der Waals surface area contributed by atoms with Gasteiger partial charge in [0.1, 0.15) is 19.3 Å². The lowest BCUT2D eigenvalue weighted by Gasteiger charge is -2.24. The summed E-state index contributed by atoms with van der Waals surface area (Å²) in [6.07, 6.45) is 55.1. The second-order valence-corrected chi connectivity index (χ2v) is 20.7. The molecule has 0 saturated carbocycles. The van der Waals surface area contributed by atoms with Crippen molar-refractivity contribution in [3.63, 3.8) is 0 Å². The zero-order chi connectivity index (χ0) is 45.5. The van der Waals surface area contributed by atoms with Gasteiger partial charge in [-0.15, -0.1) is 0 Å². The molecular formula is C53H105NO7P+. The minimum absolute atomic E-state index is 0.0902. The number of quaternary nitrogens is 1. The number of hydrogen-bond acceptors (Lipinski definition) is 6. The fourth-order valence-corrected chi connectivity index (χ4v) is 8.39. The van der Waals surface area contributed by atoms with Gasteiger partial charge in [-0.05, 0) is 44.9 Å². The van der Waals surface area contributed by atoms with Crippen LogP contribution in [0.25, 0.3) is 0 Å². The number of allylic oxidation sites excluding steroid dienone is 4. The second-order valence-electron chi connectivity index (χ2n) is 19.3. The SMILES string of the molecule is CCCCC/C=C\C/C=C\CCCCCCCCCCCC(=O)OC(COCCCCCCCCCCCCCCCCCCCCCCC)COP(=O)(O)OCC[N+](C)(C)C. The maximum Gasteiger partial charge on any atom is 0.472 e. The van der Waals surface area contributed by atoms with E-state index in [-0.39, 0.29) is 25.8 Å². The van der Waals surface area contributed by atoms with Crippen LogP contribution in [0.1, 0.15) is 251 Å². The summed E-state index contributed by atoms with van der Waals surface area (Å²) >= 11 is 0. The largest absolute Gasteiger partial charge is 0.472 e. The van der Waals surface area contributed by atoms with Crippen LogP contribution in [-0.4, -0.2) is 75.6 Å². The number of ether oxygens (including phenoxy) is 2. The van der Waals surface area contributed by atoms with Crippen LogP contribution in [0, 0.1) is 0 Å². The van der Waals surface area contributed by atoms with E-state index in [1.165, 1.54) is 193 Å². The smallest absolute Gasteiger partial charge is 0.457 e. The monoisotopic (exact) mass is 899 g/mol. The molecule has 0 aromatic heterocycles. The Balaban J connectivity index is 4.09. The number of phosphoric ester groups is 1. The van der Waals surface area contributed by atoms with Crippen molar-refractivity contribution >= 4 is 13.8 Å². The van der Waals surface area contributed by atoms with E-state index in [1.54, 1.807) is 0 Å². The van der Waals surface area contributed by atoms with Gasteiger partial charge in [-0.2, -0.15) is 0 Å². The van der Waals surface area contributed by atoms with E-state index in [0.29, 0.717) is 24.1 Å². The maximum absolute atomic E-state index is 12.8. The van der Waals surface area contributed by atoms with E-state index >= 15 is 0 Å². The lowest BCUT2D eigenvalue weighted by Crippen LogP contribution is -2.37. The highest BCUT2D eigenvalue weighted by molar-refractivity contribution is 7.47. The third-order valence-corrected chi connectivity index (χ3v) is 12.7. The zero-order valence-electron chi connectivity index (χ0n) is 41.9. The van der Waals surface area contributed by atoms with Gasteiger partial charge in [-0.3, -0.25) is 13.8 Å². The van der Waals surface area contributed by atoms with Crippen molar-refractivity contribution in [2.24, 2.45) is 0 Å². The number of esters is 1. The molecule has 0 aromatic carbocycles. The molecule has 0 spiro atoms. The lowest BCUT2D eigenvalue weighted by atomic mass is 10.0. The minimum atomic E-state index is -4.28. The average Bonchev–Trinajstić information content (AvgIpc) is 3.23. The van der Waals surface area contributed by atoms with Gasteiger partial charge in [0.05, 0.1) is 34.4 Å². The van der Waals surface area contributed by atoms with Gasteiger partial charge in [0, 0.05) is 13.0 Å². The van der Waals surface area contributed by atoms with Gasteiger partial charge in [0.15, 0.2) is 0 Å². The van der Waals surface area contributed by atoms with Crippen LogP contribution < -0.4 is 0 Å². The third kappa shape index (κ3) is 50.0. The highest BCUT2D eigenvalue weighted by Crippen LogP contribution is 2.43. The number of phosphoric acid groups is 1. The molecule has 8 nitrogen and oxygen atoms in total. The molecule has 0 amide bonds. The van der Waals surface area contributed by atoms with Gasteiger partial charge in [-0.25, -0.2) is 4.57 Å². The molecule has 0 saturated heterocycles. The zero-order valence-corrected chi connectivity index (χ0v) is 42.8. The molecule has 0 aliphatic heterocycles. The normalized spacial score (nSPS) is 13.7. The topological polar surface area (TPSA) is 91.3 Å². The molecule has 0 bridgehead atoms. The van der Waals surface area contributed by atoms with Crippen molar-refractivity contribution in [2.75, 3.05) is 54.1 Å². The van der Waals surface area contributed by atoms with Crippen LogP contribution in [0.5, 0.6) is 0 Å². The Morgan fingerprint density at radius 2 is 0.887 bits per heavy atom. The third-order valence-electron chi connectivity index (χ3n) is 11.8. The minimum Gasteiger partial charge on any atom is -0.457 e. The van der Waals surface area contributed by atoms with Gasteiger partial charge in [-0.1, -0.05) is 224 Å². The van der Waals surface area contributed by atoms with Crippen LogP contribution in [-0.2, 0) is 27.9 Å². The fraction of sp³-hybridized carbons (Fsp3) is 0.906. The number of carbonyl (C=O) groups is 1. The molecule has 9 heteroatoms. The number of carbonyl (C=O) groups excluding carboxylic acids is 1. The van der Waals surface area contributed by atoms with Crippen molar-refractivity contribution in [2.45, 2.75) is 258 Å². The summed E-state index contributed by atoms with van der Waals surface area (Å²) in [5, 5.41) is 0. The molecule has 0 aromatic rings. The van der Waals surface area contributed by atoms with E-state index in [4.69, 9.17) is 18.5 Å². The summed E-state index contributed by atoms with van der Waals surface area (Å²) in [6.45, 7) is 5.65. The van der Waals surface area contributed by atoms with Gasteiger partial charge in [0.2, 0.25) is 0 Å². The summed E-state index contributed by atoms with van der Waals surface area (Å²) in [4.78, 5) is 23.0. The summed E-state index contributed by atoms with van der Waals surface area (Å²) < 4.78 is 35.2. The second kappa shape index (κ2) is 46.5. The van der Waals surface area contributed by atoms with Gasteiger partial charge in [0.25, 0.3) is 0 Å². The number of unbranched alkanes of at least 4 members (excludes halogenated alkanes) is 32. The Bertz CT molecular complexity index is 1050. The Morgan fingerprint density at radius 1 is 0.500 bits per heavy atom. The highest BCUT2D eigenvalue weighted by Gasteiger charge is 2.26. The molecule has 2 unspecified atom stereocenters. The van der Waals surface area contributed by atoms with Gasteiger partial charge < -0.3 is 18.9 Å². The average molecular weight is 899 g/mol. The van der Waals surface area contributed by atoms with E-state index in [1.807, 2.05) is 21.1 Å². The Morgan fingerprint density at radius 3 is 1.34 bits per heavy atom. The predicted molar refractivity (Wildman–Crippen MR) is 266 cm³/mol. The van der Waals surface area contributed by atoms with Crippen molar-refractivity contribution in [3.05, 3.63) is 24.3 Å². The van der Waals surface area contributed by atoms with Crippen molar-refractivity contribution < 1.29 is 37.3 Å². The number of rotatable bonds is 50. The summed E-state index contributed by atoms with van der Waals surface area (Å²) in [5.41, 5.74) is 0. The van der Waals surface area contributed by atoms with E-state index in [9.17, 15) is 14.3 Å². The van der Waals surface area contributed by atoms with Crippen LogP contribution in [0.4, 0.5) is 0 Å². The molecule has 0 aliphatic rings. The fourth-order valence-electron chi connectivity index (χ4n) is 7.64. The first-order valence-electron chi connectivity index (χ1n) is 26.6. The first kappa shape index (κ1) is 61.0. The molecular weight excluding hydrogens is 794 g/mol. The molecule has 0 aliphatic carbocycles. The van der Waals surface area contributed by atoms with Crippen molar-refractivity contribution in [3.8, 4) is 0 Å². The summed E-state index contributed by atoms with van der Waals surface area (Å²) in [6, 6.07) is 0. The van der Waals surface area contributed by atoms with Crippen LogP contribution in [0.3, 0.4) is 0 Å². The molecule has 1 N–H and O–H groups in total. The molecule has 0 rings (SSSR count). The molecule has 0 heterocycles. The Labute approximate surface area is 385 Å². The predicted octanol–water partition coefficient (Wildman–Crippen LogP) is 16.3. The first-order valence-corrected chi connectivity index (χ1v) is 28.1. The molecule has 0 fully saturated rings. The van der Waals surface area contributed by atoms with Crippen LogP contribution in [0.15, 0.2) is 24.3 Å². The standard InChI is InChI=1S/C53H104NO7P/c1-6-8-10-12-14-16-18-20-22-24-26-27-29-31-33-35-37-39-41-43-45-48-58-50-52(51-60-62(56,57)59-49-47-54(3,4)5)61-53(55)46-44-42-40-38-36-34-32-30-28-25-23-21-19-17-15-13-11-9-7-2/h15,17,21,23,52H,6-14,16,18-20,22,24-51H2,1-5H3/p+1/b17-15-,23-21-. The lowest BCUT2D eigenvalue weighted by molar-refractivity contribution is -0.870. The first-order chi connectivity index (χ1) is 30.1. The van der Waals surface area contributed by atoms with Crippen LogP contribution >= 0.6 is 7.82 Å². The molecule has 2 atom stereocenters. The quantitative estimate of drug-likeness (QED) is 0.0214. The molecule has 368 valence electrons. The molecule has 62 heavy (non-hydrogen) atoms. The Hall–Kier alpha value is -1.02. The Kier molecular flexibility index (Phi) is 45.7. The van der Waals surface area contributed by atoms with E-state index < -0.39 is 13.9 Å². The van der Waals surface area contributed by atoms with Crippen LogP contribution in [0.2, 0.25) is 0 Å². The van der Waals surface area contributed by atoms with E-state index in [0.717, 1.165) is 38.5 Å². The summed E-state index contributed by atoms with van der Waals surface area (Å²) in [7, 11) is 1.68. The number of likely N-dealkylation sites (N-methyl/N-ethyl adjacent to an activating group) is 1.